The topological polar surface area (TPSA) is 55.4 Å². The fraction of sp³-hybridized carbons (Fsp3) is 0.333. The Morgan fingerprint density at radius 1 is 1.62 bits per heavy atom. The van der Waals surface area contributed by atoms with Gasteiger partial charge < -0.3 is 4.74 Å². The summed E-state index contributed by atoms with van der Waals surface area (Å²) < 4.78 is 4.01. The van der Waals surface area contributed by atoms with Gasteiger partial charge in [-0.15, -0.1) is 0 Å². The smallest absolute Gasteiger partial charge is 0.414 e. The van der Waals surface area contributed by atoms with Crippen LogP contribution in [0.1, 0.15) is 0 Å². The monoisotopic (exact) mass is 137 g/mol. The molecule has 0 rings (SSSR count). The number of methoxy groups -OCH3 is 1. The zero-order valence-electron chi connectivity index (χ0n) is 4.10. The van der Waals surface area contributed by atoms with Crippen molar-refractivity contribution in [2.45, 2.75) is 0 Å². The van der Waals surface area contributed by atoms with Gasteiger partial charge in [0.1, 0.15) is 0 Å². The summed E-state index contributed by atoms with van der Waals surface area (Å²) >= 11 is 4.70. The van der Waals surface area contributed by atoms with Crippen molar-refractivity contribution in [2.75, 3.05) is 7.11 Å². The van der Waals surface area contributed by atoms with Crippen LogP contribution in [0.3, 0.4) is 0 Å². The van der Waals surface area contributed by atoms with E-state index in [1.807, 2.05) is 0 Å². The van der Waals surface area contributed by atoms with Gasteiger partial charge in [0, 0.05) is 0 Å². The first-order chi connectivity index (χ1) is 3.66. The molecule has 0 heterocycles. The first-order valence-electron chi connectivity index (χ1n) is 1.71. The number of hydrogen-bond donors (Lipinski definition) is 1. The van der Waals surface area contributed by atoms with Crippen LogP contribution in [0.15, 0.2) is 0 Å². The molecule has 0 aliphatic carbocycles. The fourth-order valence-electron chi connectivity index (χ4n) is 0.131. The molecular formula is C3H4ClNO3. The molecule has 46 valence electrons. The van der Waals surface area contributed by atoms with E-state index in [4.69, 9.17) is 11.6 Å². The Bertz CT molecular complexity index is 113. The molecule has 0 saturated heterocycles. The molecule has 4 nitrogen and oxygen atoms in total. The van der Waals surface area contributed by atoms with Gasteiger partial charge in [0.2, 0.25) is 0 Å². The lowest BCUT2D eigenvalue weighted by Gasteiger charge is -1.93. The number of ether oxygens (including phenoxy) is 1. The van der Waals surface area contributed by atoms with Crippen LogP contribution in [0.4, 0.5) is 9.59 Å². The highest BCUT2D eigenvalue weighted by molar-refractivity contribution is 6.64. The van der Waals surface area contributed by atoms with E-state index < -0.39 is 11.5 Å². The van der Waals surface area contributed by atoms with Crippen molar-refractivity contribution in [3.63, 3.8) is 0 Å². The van der Waals surface area contributed by atoms with E-state index in [0.29, 0.717) is 0 Å². The van der Waals surface area contributed by atoms with Crippen LogP contribution in [0.5, 0.6) is 0 Å². The van der Waals surface area contributed by atoms with Crippen molar-refractivity contribution in [1.82, 2.24) is 5.32 Å². The fourth-order valence-corrected chi connectivity index (χ4v) is 0.208. The molecule has 0 aromatic carbocycles. The number of imide groups is 1. The predicted molar refractivity (Wildman–Crippen MR) is 26.8 cm³/mol. The molecule has 2 amide bonds. The maximum absolute atomic E-state index is 9.98. The van der Waals surface area contributed by atoms with E-state index in [0.717, 1.165) is 7.11 Å². The minimum absolute atomic E-state index is 0.856. The number of hydrogen-bond acceptors (Lipinski definition) is 3. The molecule has 1 N–H and O–H groups in total. The van der Waals surface area contributed by atoms with Gasteiger partial charge in [-0.2, -0.15) is 0 Å². The van der Waals surface area contributed by atoms with Crippen LogP contribution < -0.4 is 5.32 Å². The average Bonchev–Trinajstić information content (AvgIpc) is 1.65. The van der Waals surface area contributed by atoms with Crippen LogP contribution in [0.25, 0.3) is 0 Å². The molecule has 0 bridgehead atoms. The van der Waals surface area contributed by atoms with Crippen LogP contribution in [0.2, 0.25) is 0 Å². The van der Waals surface area contributed by atoms with E-state index in [1.165, 1.54) is 0 Å². The average molecular weight is 138 g/mol. The van der Waals surface area contributed by atoms with Crippen molar-refractivity contribution in [2.24, 2.45) is 0 Å². The molecule has 0 fully saturated rings. The summed E-state index contributed by atoms with van der Waals surface area (Å²) in [5.41, 5.74) is 0. The van der Waals surface area contributed by atoms with Crippen molar-refractivity contribution in [1.29, 1.82) is 0 Å². The zero-order valence-corrected chi connectivity index (χ0v) is 4.86. The quantitative estimate of drug-likeness (QED) is 0.395. The summed E-state index contributed by atoms with van der Waals surface area (Å²) in [5.74, 6) is 0. The largest absolute Gasteiger partial charge is 0.453 e. The molecule has 0 aliphatic heterocycles. The Kier molecular flexibility index (Phi) is 2.95. The van der Waals surface area contributed by atoms with E-state index in [1.54, 1.807) is 5.32 Å². The predicted octanol–water partition coefficient (Wildman–Crippen LogP) is 0.701. The van der Waals surface area contributed by atoms with Crippen LogP contribution in [-0.4, -0.2) is 18.6 Å². The van der Waals surface area contributed by atoms with Gasteiger partial charge in [0.25, 0.3) is 0 Å². The normalized spacial score (nSPS) is 7.75. The van der Waals surface area contributed by atoms with E-state index in [-0.39, 0.29) is 0 Å². The third-order valence-corrected chi connectivity index (χ3v) is 0.480. The first kappa shape index (κ1) is 7.23. The van der Waals surface area contributed by atoms with Gasteiger partial charge >= 0.3 is 11.5 Å². The van der Waals surface area contributed by atoms with Gasteiger partial charge in [0.15, 0.2) is 0 Å². The molecule has 0 radical (unpaired) electrons. The summed E-state index contributed by atoms with van der Waals surface area (Å²) in [6.07, 6.45) is -0.856. The third-order valence-electron chi connectivity index (χ3n) is 0.386. The highest BCUT2D eigenvalue weighted by atomic mass is 35.5. The van der Waals surface area contributed by atoms with Crippen LogP contribution in [0, 0.1) is 0 Å². The third kappa shape index (κ3) is 3.42. The minimum Gasteiger partial charge on any atom is -0.453 e. The second-order valence-corrected chi connectivity index (χ2v) is 1.23. The van der Waals surface area contributed by atoms with Gasteiger partial charge in [-0.1, -0.05) is 0 Å². The molecule has 0 aromatic heterocycles. The molecule has 5 heteroatoms. The Morgan fingerprint density at radius 2 is 2.12 bits per heavy atom. The zero-order chi connectivity index (χ0) is 6.57. The van der Waals surface area contributed by atoms with Crippen LogP contribution >= 0.6 is 11.6 Å². The standard InChI is InChI=1S/C3H4ClNO3/c1-8-3(7)5-2(4)6/h1H3,(H,5,6,7). The van der Waals surface area contributed by atoms with Crippen molar-refractivity contribution in [3.8, 4) is 0 Å². The lowest BCUT2D eigenvalue weighted by atomic mass is 11.1. The summed E-state index contributed by atoms with van der Waals surface area (Å²) in [7, 11) is 1.13. The van der Waals surface area contributed by atoms with Gasteiger partial charge in [-0.25, -0.2) is 10.1 Å². The van der Waals surface area contributed by atoms with E-state index in [9.17, 15) is 9.59 Å². The number of nitrogens with one attached hydrogen (secondary N) is 1. The second kappa shape index (κ2) is 3.26. The SMILES string of the molecule is COC(=O)NC(=O)Cl. The number of carbonyl (C=O) groups excluding carboxylic acids is 2. The van der Waals surface area contributed by atoms with E-state index >= 15 is 0 Å². The highest BCUT2D eigenvalue weighted by Gasteiger charge is 2.00. The number of halogens is 1. The second-order valence-electron chi connectivity index (χ2n) is 0.890. The van der Waals surface area contributed by atoms with Crippen molar-refractivity contribution in [3.05, 3.63) is 0 Å². The Hall–Kier alpha value is -0.770. The molecule has 0 spiro atoms. The molecular weight excluding hydrogens is 133 g/mol. The van der Waals surface area contributed by atoms with Gasteiger partial charge in [-0.05, 0) is 11.6 Å². The number of carbonyl (C=O) groups is 2. The maximum atomic E-state index is 9.98. The maximum Gasteiger partial charge on any atom is 0.414 e. The summed E-state index contributed by atoms with van der Waals surface area (Å²) in [4.78, 5) is 19.8. The number of rotatable bonds is 0. The van der Waals surface area contributed by atoms with Crippen molar-refractivity contribution >= 4 is 23.1 Å². The lowest BCUT2D eigenvalue weighted by molar-refractivity contribution is 0.173. The van der Waals surface area contributed by atoms with Gasteiger partial charge in [-0.3, -0.25) is 4.79 Å². The lowest BCUT2D eigenvalue weighted by Crippen LogP contribution is -2.24. The molecule has 0 aliphatic rings. The summed E-state index contributed by atoms with van der Waals surface area (Å²) in [6, 6.07) is 0. The van der Waals surface area contributed by atoms with E-state index in [2.05, 4.69) is 4.74 Å². The molecule has 0 unspecified atom stereocenters. The summed E-state index contributed by atoms with van der Waals surface area (Å²) in [6.45, 7) is 0. The number of alkyl carbamates (subject to hydrolysis) is 1. The first-order valence-corrected chi connectivity index (χ1v) is 2.09. The number of amides is 2. The Morgan fingerprint density at radius 3 is 2.25 bits per heavy atom. The Labute approximate surface area is 50.8 Å². The molecule has 0 saturated carbocycles. The Balaban J connectivity index is 3.40. The van der Waals surface area contributed by atoms with Crippen molar-refractivity contribution < 1.29 is 14.3 Å². The summed E-state index contributed by atoms with van der Waals surface area (Å²) in [5, 5.41) is 0.710. The van der Waals surface area contributed by atoms with Crippen LogP contribution in [-0.2, 0) is 4.74 Å². The molecule has 8 heavy (non-hydrogen) atoms. The molecule has 0 aromatic rings. The minimum atomic E-state index is -0.947. The molecule has 0 atom stereocenters. The highest BCUT2D eigenvalue weighted by Crippen LogP contribution is 1.77. The van der Waals surface area contributed by atoms with Gasteiger partial charge in [0.05, 0.1) is 7.11 Å².